The van der Waals surface area contributed by atoms with Crippen LogP contribution in [0.25, 0.3) is 0 Å². The Morgan fingerprint density at radius 2 is 0.500 bits per heavy atom. The van der Waals surface area contributed by atoms with Gasteiger partial charge in [0.15, 0.2) is 0 Å². The predicted molar refractivity (Wildman–Crippen MR) is 239 cm³/mol. The molecule has 0 amide bonds. The molecule has 0 aliphatic carbocycles. The Kier molecular flexibility index (Phi) is 16.5. The van der Waals surface area contributed by atoms with Crippen molar-refractivity contribution in [1.29, 1.82) is 0 Å². The minimum absolute atomic E-state index is 0.305. The highest BCUT2D eigenvalue weighted by Crippen LogP contribution is 2.36. The molecule has 0 spiro atoms. The lowest BCUT2D eigenvalue weighted by atomic mass is 9.98. The molecule has 8 heteroatoms. The molecule has 0 unspecified atom stereocenters. The van der Waals surface area contributed by atoms with Crippen molar-refractivity contribution >= 4 is 0 Å². The molecule has 0 bridgehead atoms. The molecule has 6 aromatic carbocycles. The van der Waals surface area contributed by atoms with Gasteiger partial charge in [-0.05, 0) is 46.2 Å². The number of benzene rings is 6. The summed E-state index contributed by atoms with van der Waals surface area (Å²) in [5.41, 5.74) is 6.55. The summed E-state index contributed by atoms with van der Waals surface area (Å²) in [6, 6.07) is 61.4. The van der Waals surface area contributed by atoms with Crippen LogP contribution in [0.3, 0.4) is 0 Å². The maximum absolute atomic E-state index is 6.97. The molecule has 2 aliphatic rings. The van der Waals surface area contributed by atoms with E-state index in [1.807, 2.05) is 109 Å². The van der Waals surface area contributed by atoms with E-state index in [1.165, 1.54) is 0 Å². The predicted octanol–water partition coefficient (Wildman–Crippen LogP) is 10.1. The van der Waals surface area contributed by atoms with E-state index in [9.17, 15) is 0 Å². The molecule has 0 N–H and O–H groups in total. The third kappa shape index (κ3) is 12.8. The smallest absolute Gasteiger partial charge is 0.115 e. The van der Waals surface area contributed by atoms with Gasteiger partial charge in [-0.25, -0.2) is 0 Å². The van der Waals surface area contributed by atoms with Crippen molar-refractivity contribution in [1.82, 2.24) is 0 Å². The van der Waals surface area contributed by atoms with Crippen LogP contribution >= 0.6 is 0 Å². The van der Waals surface area contributed by atoms with Gasteiger partial charge in [0.1, 0.15) is 36.6 Å². The molecule has 8 atom stereocenters. The van der Waals surface area contributed by atoms with Gasteiger partial charge in [0.2, 0.25) is 0 Å². The van der Waals surface area contributed by atoms with Crippen molar-refractivity contribution < 1.29 is 37.9 Å². The van der Waals surface area contributed by atoms with Gasteiger partial charge in [-0.1, -0.05) is 182 Å². The normalized spacial score (nSPS) is 23.4. The van der Waals surface area contributed by atoms with Gasteiger partial charge in [0, 0.05) is 0 Å². The van der Waals surface area contributed by atoms with Gasteiger partial charge in [0.05, 0.1) is 65.1 Å². The van der Waals surface area contributed by atoms with Gasteiger partial charge >= 0.3 is 0 Å². The molecule has 6 aromatic rings. The van der Waals surface area contributed by atoms with Crippen molar-refractivity contribution in [2.75, 3.05) is 13.2 Å². The van der Waals surface area contributed by atoms with Crippen LogP contribution < -0.4 is 0 Å². The van der Waals surface area contributed by atoms with E-state index in [0.29, 0.717) is 65.7 Å². The molecule has 2 saturated heterocycles. The van der Waals surface area contributed by atoms with Crippen LogP contribution in [0.15, 0.2) is 182 Å². The van der Waals surface area contributed by atoms with E-state index in [1.54, 1.807) is 0 Å². The molecular weight excluding hydrogens is 777 g/mol. The third-order valence-electron chi connectivity index (χ3n) is 11.5. The van der Waals surface area contributed by atoms with Crippen LogP contribution in [0.2, 0.25) is 0 Å². The van der Waals surface area contributed by atoms with Crippen LogP contribution in [-0.2, 0) is 77.5 Å². The van der Waals surface area contributed by atoms with Crippen molar-refractivity contribution in [3.8, 4) is 0 Å². The van der Waals surface area contributed by atoms with Gasteiger partial charge < -0.3 is 37.9 Å². The van der Waals surface area contributed by atoms with Gasteiger partial charge in [-0.2, -0.15) is 0 Å². The fourth-order valence-corrected chi connectivity index (χ4v) is 8.28. The summed E-state index contributed by atoms with van der Waals surface area (Å²) in [4.78, 5) is 0. The van der Waals surface area contributed by atoms with Crippen molar-refractivity contribution in [2.45, 2.75) is 101 Å². The first-order valence-electron chi connectivity index (χ1n) is 21.9. The summed E-state index contributed by atoms with van der Waals surface area (Å²) < 4.78 is 53.9. The van der Waals surface area contributed by atoms with Crippen LogP contribution in [0.1, 0.15) is 46.2 Å². The van der Waals surface area contributed by atoms with Gasteiger partial charge in [0.25, 0.3) is 0 Å². The van der Waals surface area contributed by atoms with E-state index in [-0.39, 0.29) is 48.8 Å². The minimum atomic E-state index is -0.379. The summed E-state index contributed by atoms with van der Waals surface area (Å²) in [6.45, 7) is 3.36. The second kappa shape index (κ2) is 23.4. The summed E-state index contributed by atoms with van der Waals surface area (Å²) in [5, 5.41) is 0. The lowest BCUT2D eigenvalue weighted by Crippen LogP contribution is -2.40. The first kappa shape index (κ1) is 43.6. The Hall–Kier alpha value is -5.00. The van der Waals surface area contributed by atoms with Crippen molar-refractivity contribution in [3.63, 3.8) is 0 Å². The van der Waals surface area contributed by atoms with Crippen LogP contribution in [0.5, 0.6) is 0 Å². The molecule has 62 heavy (non-hydrogen) atoms. The molecule has 0 radical (unpaired) electrons. The van der Waals surface area contributed by atoms with Crippen LogP contribution in [-0.4, -0.2) is 62.0 Å². The molecule has 2 fully saturated rings. The van der Waals surface area contributed by atoms with Gasteiger partial charge in [-0.15, -0.1) is 0 Å². The second-order valence-corrected chi connectivity index (χ2v) is 16.0. The Balaban J connectivity index is 1.03. The minimum Gasteiger partial charge on any atom is -0.374 e. The third-order valence-corrected chi connectivity index (χ3v) is 11.5. The standard InChI is InChI=1S/C54H58O8/c1-7-19-41(20-8-1)33-55-39-49-53(59-37-45-27-15-5-16-28-45)51(57-35-43-23-11-3-12-24-43)47(61-49)31-32-48-52(58-36-44-25-13-4-14-26-44)54(60-38-46-29-17-6-18-30-46)50(62-48)40-56-34-42-21-9-2-10-22-42/h1-30,47-54H,31-40H2/t47-,48-,49-,50-,51-,52-,53-,54-/m1/s1. The largest absolute Gasteiger partial charge is 0.374 e. The summed E-state index contributed by atoms with van der Waals surface area (Å²) in [6.07, 6.45) is -1.55. The topological polar surface area (TPSA) is 73.8 Å². The summed E-state index contributed by atoms with van der Waals surface area (Å²) in [7, 11) is 0. The Morgan fingerprint density at radius 3 is 0.758 bits per heavy atom. The lowest BCUT2D eigenvalue weighted by Gasteiger charge is -2.27. The van der Waals surface area contributed by atoms with E-state index in [0.717, 1.165) is 33.4 Å². The van der Waals surface area contributed by atoms with E-state index < -0.39 is 0 Å². The highest BCUT2D eigenvalue weighted by Gasteiger charge is 2.49. The fraction of sp³-hybridized carbons (Fsp3) is 0.333. The maximum atomic E-state index is 6.97. The Labute approximate surface area is 366 Å². The number of ether oxygens (including phenoxy) is 8. The molecule has 8 rings (SSSR count). The maximum Gasteiger partial charge on any atom is 0.115 e. The fourth-order valence-electron chi connectivity index (χ4n) is 8.28. The molecule has 0 saturated carbocycles. The summed E-state index contributed by atoms with van der Waals surface area (Å²) >= 11 is 0. The average molecular weight is 835 g/mol. The Bertz CT molecular complexity index is 1960. The first-order valence-corrected chi connectivity index (χ1v) is 21.9. The molecule has 2 aliphatic heterocycles. The quantitative estimate of drug-likeness (QED) is 0.0632. The van der Waals surface area contributed by atoms with Gasteiger partial charge in [-0.3, -0.25) is 0 Å². The first-order chi connectivity index (χ1) is 30.7. The second-order valence-electron chi connectivity index (χ2n) is 16.0. The number of hydrogen-bond donors (Lipinski definition) is 0. The molecule has 2 heterocycles. The zero-order valence-corrected chi connectivity index (χ0v) is 35.3. The van der Waals surface area contributed by atoms with Crippen LogP contribution in [0.4, 0.5) is 0 Å². The monoisotopic (exact) mass is 834 g/mol. The average Bonchev–Trinajstić information content (AvgIpc) is 3.85. The number of rotatable bonds is 23. The molecule has 322 valence electrons. The zero-order chi connectivity index (χ0) is 42.0. The lowest BCUT2D eigenvalue weighted by molar-refractivity contribution is -0.0906. The van der Waals surface area contributed by atoms with Crippen molar-refractivity contribution in [3.05, 3.63) is 215 Å². The zero-order valence-electron chi connectivity index (χ0n) is 35.3. The van der Waals surface area contributed by atoms with E-state index >= 15 is 0 Å². The number of hydrogen-bond acceptors (Lipinski definition) is 8. The van der Waals surface area contributed by atoms with E-state index in [4.69, 9.17) is 37.9 Å². The molecule has 0 aromatic heterocycles. The van der Waals surface area contributed by atoms with Crippen LogP contribution in [0, 0.1) is 0 Å². The summed E-state index contributed by atoms with van der Waals surface area (Å²) in [5.74, 6) is 0. The molecular formula is C54H58O8. The van der Waals surface area contributed by atoms with E-state index in [2.05, 4.69) is 72.8 Å². The highest BCUT2D eigenvalue weighted by atomic mass is 16.6. The SMILES string of the molecule is c1ccc(COC[C@H]2O[C@H](CC[C@H]3O[C@H](COCc4ccccc4)[C@@H](OCc4ccccc4)[C@@H]3OCc3ccccc3)[C@@H](OCc3ccccc3)[C@@H]2OCc2ccccc2)cc1. The highest BCUT2D eigenvalue weighted by molar-refractivity contribution is 5.18. The Morgan fingerprint density at radius 1 is 0.274 bits per heavy atom. The molecule has 8 nitrogen and oxygen atoms in total. The van der Waals surface area contributed by atoms with Crippen molar-refractivity contribution in [2.24, 2.45) is 0 Å².